The summed E-state index contributed by atoms with van der Waals surface area (Å²) in [4.78, 5) is 24.0. The maximum Gasteiger partial charge on any atom is 0.299 e. The number of nitrogens with zero attached hydrogens (tertiary/aromatic N) is 3. The molecule has 0 saturated carbocycles. The van der Waals surface area contributed by atoms with E-state index in [1.54, 1.807) is 13.0 Å². The molecule has 0 saturated heterocycles. The Bertz CT molecular complexity index is 478. The first-order valence-electron chi connectivity index (χ1n) is 4.31. The van der Waals surface area contributed by atoms with E-state index in [0.29, 0.717) is 0 Å². The van der Waals surface area contributed by atoms with Gasteiger partial charge in [-0.15, -0.1) is 0 Å². The fourth-order valence-corrected chi connectivity index (χ4v) is 1.06. The molecule has 0 fully saturated rings. The van der Waals surface area contributed by atoms with Gasteiger partial charge in [-0.1, -0.05) is 0 Å². The molecule has 1 aromatic rings. The number of aldehydes is 1. The summed E-state index contributed by atoms with van der Waals surface area (Å²) in [5.74, 6) is -0.0716. The zero-order valence-corrected chi connectivity index (χ0v) is 8.34. The monoisotopic (exact) mass is 221 g/mol. The molecule has 0 unspecified atom stereocenters. The maximum atomic E-state index is 10.6. The number of ether oxygens (including phenoxy) is 1. The third-order valence-electron chi connectivity index (χ3n) is 1.71. The van der Waals surface area contributed by atoms with Gasteiger partial charge in [0, 0.05) is 6.07 Å². The molecule has 16 heavy (non-hydrogen) atoms. The van der Waals surface area contributed by atoms with E-state index in [0.717, 1.165) is 6.07 Å². The van der Waals surface area contributed by atoms with Gasteiger partial charge in [-0.2, -0.15) is 5.26 Å². The quantitative estimate of drug-likeness (QED) is 0.427. The van der Waals surface area contributed by atoms with Gasteiger partial charge in [-0.3, -0.25) is 14.9 Å². The fraction of sp³-hybridized carbons (Fsp3) is 0.222. The topological polar surface area (TPSA) is 106 Å². The minimum absolute atomic E-state index is 0.0702. The first-order valence-corrected chi connectivity index (χ1v) is 4.31. The second-order valence-electron chi connectivity index (χ2n) is 2.67. The summed E-state index contributed by atoms with van der Waals surface area (Å²) in [5.41, 5.74) is -0.929. The van der Waals surface area contributed by atoms with Crippen molar-refractivity contribution in [2.45, 2.75) is 6.92 Å². The van der Waals surface area contributed by atoms with Crippen molar-refractivity contribution in [1.29, 1.82) is 5.26 Å². The largest absolute Gasteiger partial charge is 0.477 e. The van der Waals surface area contributed by atoms with Crippen molar-refractivity contribution in [2.75, 3.05) is 6.61 Å². The first-order chi connectivity index (χ1) is 7.63. The highest BCUT2D eigenvalue weighted by Crippen LogP contribution is 2.23. The lowest BCUT2D eigenvalue weighted by atomic mass is 10.2. The highest BCUT2D eigenvalue weighted by Gasteiger charge is 2.20. The summed E-state index contributed by atoms with van der Waals surface area (Å²) in [6.07, 6.45) is 0.252. The molecular weight excluding hydrogens is 214 g/mol. The van der Waals surface area contributed by atoms with Crippen LogP contribution in [-0.2, 0) is 0 Å². The zero-order chi connectivity index (χ0) is 12.1. The Morgan fingerprint density at radius 2 is 2.44 bits per heavy atom. The lowest BCUT2D eigenvalue weighted by molar-refractivity contribution is -0.385. The molecule has 0 radical (unpaired) electrons. The molecule has 1 aromatic heterocycles. The Hall–Kier alpha value is -2.49. The van der Waals surface area contributed by atoms with E-state index in [-0.39, 0.29) is 30.0 Å². The lowest BCUT2D eigenvalue weighted by Gasteiger charge is -2.04. The van der Waals surface area contributed by atoms with Gasteiger partial charge >= 0.3 is 0 Å². The minimum atomic E-state index is -0.771. The zero-order valence-electron chi connectivity index (χ0n) is 8.34. The molecule has 0 aliphatic rings. The molecule has 0 atom stereocenters. The van der Waals surface area contributed by atoms with Crippen LogP contribution in [0.1, 0.15) is 23.0 Å². The van der Waals surface area contributed by atoms with E-state index in [1.807, 2.05) is 0 Å². The van der Waals surface area contributed by atoms with Crippen LogP contribution in [0.2, 0.25) is 0 Å². The highest BCUT2D eigenvalue weighted by molar-refractivity contribution is 5.79. The van der Waals surface area contributed by atoms with Crippen molar-refractivity contribution < 1.29 is 14.5 Å². The summed E-state index contributed by atoms with van der Waals surface area (Å²) < 4.78 is 4.99. The van der Waals surface area contributed by atoms with E-state index in [4.69, 9.17) is 10.00 Å². The van der Waals surface area contributed by atoms with Crippen molar-refractivity contribution in [3.63, 3.8) is 0 Å². The van der Waals surface area contributed by atoms with Gasteiger partial charge in [-0.25, -0.2) is 4.98 Å². The van der Waals surface area contributed by atoms with Crippen LogP contribution in [0.15, 0.2) is 6.07 Å². The van der Waals surface area contributed by atoms with Gasteiger partial charge in [0.1, 0.15) is 11.6 Å². The van der Waals surface area contributed by atoms with E-state index < -0.39 is 10.6 Å². The van der Waals surface area contributed by atoms with Crippen LogP contribution < -0.4 is 4.74 Å². The fourth-order valence-electron chi connectivity index (χ4n) is 1.06. The average molecular weight is 221 g/mol. The Morgan fingerprint density at radius 3 is 2.88 bits per heavy atom. The Morgan fingerprint density at radius 1 is 1.75 bits per heavy atom. The maximum absolute atomic E-state index is 10.6. The Kier molecular flexibility index (Phi) is 3.50. The molecule has 0 N–H and O–H groups in total. The second kappa shape index (κ2) is 4.84. The van der Waals surface area contributed by atoms with Crippen LogP contribution >= 0.6 is 0 Å². The Labute approximate surface area is 90.4 Å². The number of rotatable bonds is 4. The smallest absolute Gasteiger partial charge is 0.299 e. The number of pyridine rings is 1. The number of nitriles is 1. The van der Waals surface area contributed by atoms with Gasteiger partial charge in [0.05, 0.1) is 11.5 Å². The van der Waals surface area contributed by atoms with Crippen LogP contribution in [0.5, 0.6) is 5.88 Å². The molecule has 0 aliphatic heterocycles. The van der Waals surface area contributed by atoms with Crippen molar-refractivity contribution in [1.82, 2.24) is 4.98 Å². The second-order valence-corrected chi connectivity index (χ2v) is 2.67. The summed E-state index contributed by atoms with van der Waals surface area (Å²) in [5, 5.41) is 19.3. The number of carbonyl (C=O) groups is 1. The predicted octanol–water partition coefficient (Wildman–Crippen LogP) is 1.07. The number of hydrogen-bond donors (Lipinski definition) is 0. The number of aromatic nitrogens is 1. The highest BCUT2D eigenvalue weighted by atomic mass is 16.6. The summed E-state index contributed by atoms with van der Waals surface area (Å²) >= 11 is 0. The van der Waals surface area contributed by atoms with Crippen molar-refractivity contribution in [3.05, 3.63) is 27.4 Å². The molecule has 0 bridgehead atoms. The first kappa shape index (κ1) is 11.6. The van der Waals surface area contributed by atoms with Crippen LogP contribution in [-0.4, -0.2) is 22.8 Å². The van der Waals surface area contributed by atoms with Crippen molar-refractivity contribution in [3.8, 4) is 11.9 Å². The summed E-state index contributed by atoms with van der Waals surface area (Å²) in [6, 6.07) is 2.69. The SMILES string of the molecule is CCOc1nc(C=O)c([N+](=O)[O-])cc1C#N. The normalized spacial score (nSPS) is 9.25. The molecular formula is C9H7N3O4. The van der Waals surface area contributed by atoms with Crippen molar-refractivity contribution >= 4 is 12.0 Å². The molecule has 0 aromatic carbocycles. The van der Waals surface area contributed by atoms with Crippen molar-refractivity contribution in [2.24, 2.45) is 0 Å². The van der Waals surface area contributed by atoms with Gasteiger partial charge in [0.15, 0.2) is 12.0 Å². The van der Waals surface area contributed by atoms with Gasteiger partial charge in [-0.05, 0) is 6.92 Å². The molecule has 0 amide bonds. The molecule has 82 valence electrons. The summed E-state index contributed by atoms with van der Waals surface area (Å²) in [7, 11) is 0. The predicted molar refractivity (Wildman–Crippen MR) is 52.2 cm³/mol. The van der Waals surface area contributed by atoms with E-state index in [9.17, 15) is 14.9 Å². The number of nitro groups is 1. The molecule has 1 rings (SSSR count). The van der Waals surface area contributed by atoms with Crippen LogP contribution in [0, 0.1) is 21.4 Å². The summed E-state index contributed by atoms with van der Waals surface area (Å²) in [6.45, 7) is 1.92. The molecule has 0 aliphatic carbocycles. The lowest BCUT2D eigenvalue weighted by Crippen LogP contribution is -2.04. The average Bonchev–Trinajstić information content (AvgIpc) is 2.28. The third-order valence-corrected chi connectivity index (χ3v) is 1.71. The third kappa shape index (κ3) is 2.12. The molecule has 7 heteroatoms. The Balaban J connectivity index is 3.41. The van der Waals surface area contributed by atoms with E-state index >= 15 is 0 Å². The van der Waals surface area contributed by atoms with Crippen LogP contribution in [0.3, 0.4) is 0 Å². The van der Waals surface area contributed by atoms with Gasteiger partial charge in [0.25, 0.3) is 5.69 Å². The van der Waals surface area contributed by atoms with E-state index in [2.05, 4.69) is 4.98 Å². The molecule has 1 heterocycles. The molecule has 0 spiro atoms. The minimum Gasteiger partial charge on any atom is -0.477 e. The van der Waals surface area contributed by atoms with Crippen LogP contribution in [0.4, 0.5) is 5.69 Å². The van der Waals surface area contributed by atoms with Gasteiger partial charge in [0.2, 0.25) is 5.88 Å². The van der Waals surface area contributed by atoms with E-state index in [1.165, 1.54) is 0 Å². The number of carbonyl (C=O) groups excluding carboxylic acids is 1. The van der Waals surface area contributed by atoms with Gasteiger partial charge < -0.3 is 4.74 Å². The molecule has 7 nitrogen and oxygen atoms in total. The van der Waals surface area contributed by atoms with Crippen LogP contribution in [0.25, 0.3) is 0 Å². The number of hydrogen-bond acceptors (Lipinski definition) is 6. The standard InChI is InChI=1S/C9H7N3O4/c1-2-16-9-6(4-10)3-8(12(14)15)7(5-13)11-9/h3,5H,2H2,1H3.